The molecule has 0 unspecified atom stereocenters. The predicted octanol–water partition coefficient (Wildman–Crippen LogP) is 1.36. The van der Waals surface area contributed by atoms with Gasteiger partial charge in [0.2, 0.25) is 0 Å². The highest BCUT2D eigenvalue weighted by Gasteiger charge is 2.29. The number of nitrogens with one attached hydrogen (secondary N) is 1. The smallest absolute Gasteiger partial charge is 0.342 e. The van der Waals surface area contributed by atoms with Crippen LogP contribution in [0.3, 0.4) is 0 Å². The van der Waals surface area contributed by atoms with E-state index in [4.69, 9.17) is 19.9 Å². The van der Waals surface area contributed by atoms with Crippen molar-refractivity contribution in [1.29, 1.82) is 0 Å². The number of nitrogens with two attached hydrogens (primary N) is 1. The molecule has 0 atom stereocenters. The third-order valence-electron chi connectivity index (χ3n) is 4.00. The molecule has 11 nitrogen and oxygen atoms in total. The third kappa shape index (κ3) is 4.51. The number of methoxy groups -OCH3 is 1. The lowest BCUT2D eigenvalue weighted by Crippen LogP contribution is -2.24. The van der Waals surface area contributed by atoms with Crippen LogP contribution in [0.4, 0.5) is 5.82 Å². The molecule has 0 aliphatic rings. The largest absolute Gasteiger partial charge is 0.493 e. The van der Waals surface area contributed by atoms with Gasteiger partial charge in [0, 0.05) is 11.1 Å². The molecule has 2 aromatic rings. The number of pyridine rings is 1. The van der Waals surface area contributed by atoms with E-state index in [9.17, 15) is 29.4 Å². The number of para-hydroxylation sites is 1. The van der Waals surface area contributed by atoms with Gasteiger partial charge in [0.05, 0.1) is 26.7 Å². The number of carbonyl (C=O) groups is 3. The maximum Gasteiger partial charge on any atom is 0.342 e. The highest BCUT2D eigenvalue weighted by atomic mass is 16.5. The van der Waals surface area contributed by atoms with Gasteiger partial charge in [-0.3, -0.25) is 9.59 Å². The van der Waals surface area contributed by atoms with Crippen molar-refractivity contribution in [3.05, 3.63) is 39.7 Å². The highest BCUT2D eigenvalue weighted by molar-refractivity contribution is 6.08. The van der Waals surface area contributed by atoms with E-state index in [1.807, 2.05) is 4.98 Å². The minimum atomic E-state index is -1.66. The lowest BCUT2D eigenvalue weighted by Gasteiger charge is -2.18. The molecule has 2 rings (SSSR count). The fourth-order valence-electron chi connectivity index (χ4n) is 2.81. The molecular formula is C19H20N2O9. The number of anilines is 1. The molecule has 1 aromatic heterocycles. The summed E-state index contributed by atoms with van der Waals surface area (Å²) in [6, 6.07) is 4.30. The molecule has 0 radical (unpaired) electrons. The van der Waals surface area contributed by atoms with E-state index in [1.54, 1.807) is 6.92 Å². The zero-order chi connectivity index (χ0) is 22.4. The summed E-state index contributed by atoms with van der Waals surface area (Å²) in [7, 11) is 1.32. The van der Waals surface area contributed by atoms with Crippen molar-refractivity contribution in [2.75, 3.05) is 26.1 Å². The Morgan fingerprint density at radius 1 is 1.13 bits per heavy atom. The highest BCUT2D eigenvalue weighted by Crippen LogP contribution is 2.41. The number of aromatic nitrogens is 1. The van der Waals surface area contributed by atoms with Crippen LogP contribution in [0.5, 0.6) is 11.5 Å². The fourth-order valence-corrected chi connectivity index (χ4v) is 2.81. The van der Waals surface area contributed by atoms with Crippen LogP contribution in [0, 0.1) is 0 Å². The van der Waals surface area contributed by atoms with Crippen LogP contribution < -0.4 is 20.8 Å². The molecule has 0 saturated carbocycles. The van der Waals surface area contributed by atoms with Crippen molar-refractivity contribution in [3.8, 4) is 22.6 Å². The van der Waals surface area contributed by atoms with Crippen molar-refractivity contribution in [1.82, 2.24) is 4.98 Å². The van der Waals surface area contributed by atoms with Crippen LogP contribution in [-0.2, 0) is 9.53 Å². The molecule has 0 bridgehead atoms. The minimum absolute atomic E-state index is 0.0502. The molecule has 5 N–H and O–H groups in total. The zero-order valence-electron chi connectivity index (χ0n) is 16.2. The van der Waals surface area contributed by atoms with Crippen LogP contribution in [0.15, 0.2) is 23.0 Å². The molecule has 0 aliphatic heterocycles. The second-order valence-corrected chi connectivity index (χ2v) is 5.84. The van der Waals surface area contributed by atoms with Crippen molar-refractivity contribution in [3.63, 3.8) is 0 Å². The quantitative estimate of drug-likeness (QED) is 0.433. The Morgan fingerprint density at radius 2 is 1.80 bits per heavy atom. The Bertz CT molecular complexity index is 1040. The van der Waals surface area contributed by atoms with Crippen LogP contribution in [0.2, 0.25) is 0 Å². The summed E-state index contributed by atoms with van der Waals surface area (Å²) < 4.78 is 15.7. The number of esters is 1. The molecule has 0 aliphatic carbocycles. The number of hydrogen-bond donors (Lipinski definition) is 4. The van der Waals surface area contributed by atoms with Crippen molar-refractivity contribution in [2.45, 2.75) is 13.3 Å². The van der Waals surface area contributed by atoms with E-state index >= 15 is 0 Å². The molecule has 0 saturated heterocycles. The maximum atomic E-state index is 12.2. The number of aromatic amines is 1. The van der Waals surface area contributed by atoms with Gasteiger partial charge in [0.25, 0.3) is 5.56 Å². The molecule has 0 amide bonds. The molecule has 0 fully saturated rings. The van der Waals surface area contributed by atoms with Gasteiger partial charge in [0.1, 0.15) is 16.9 Å². The van der Waals surface area contributed by atoms with Crippen LogP contribution in [-0.4, -0.2) is 53.4 Å². The second-order valence-electron chi connectivity index (χ2n) is 5.84. The van der Waals surface area contributed by atoms with Gasteiger partial charge in [-0.1, -0.05) is 12.1 Å². The van der Waals surface area contributed by atoms with Crippen molar-refractivity contribution < 1.29 is 38.8 Å². The zero-order valence-corrected chi connectivity index (χ0v) is 16.2. The van der Waals surface area contributed by atoms with Crippen LogP contribution >= 0.6 is 0 Å². The van der Waals surface area contributed by atoms with Gasteiger partial charge in [0.15, 0.2) is 11.5 Å². The first-order valence-corrected chi connectivity index (χ1v) is 8.71. The number of benzene rings is 1. The van der Waals surface area contributed by atoms with Crippen LogP contribution in [0.25, 0.3) is 11.1 Å². The van der Waals surface area contributed by atoms with Crippen molar-refractivity contribution in [2.24, 2.45) is 0 Å². The Hall–Kier alpha value is -4.02. The van der Waals surface area contributed by atoms with E-state index in [0.717, 1.165) is 0 Å². The molecule has 1 aromatic carbocycles. The molecule has 11 heteroatoms. The summed E-state index contributed by atoms with van der Waals surface area (Å²) in [6.07, 6.45) is -0.125. The van der Waals surface area contributed by atoms with Gasteiger partial charge in [-0.25, -0.2) is 9.59 Å². The lowest BCUT2D eigenvalue weighted by molar-refractivity contribution is -0.143. The van der Waals surface area contributed by atoms with E-state index in [2.05, 4.69) is 0 Å². The number of ether oxygens (including phenoxy) is 3. The van der Waals surface area contributed by atoms with Gasteiger partial charge in [-0.2, -0.15) is 0 Å². The van der Waals surface area contributed by atoms with E-state index in [-0.39, 0.29) is 36.7 Å². The molecule has 160 valence electrons. The average molecular weight is 420 g/mol. The number of aromatic carboxylic acids is 2. The molecule has 1 heterocycles. The first-order valence-electron chi connectivity index (χ1n) is 8.71. The number of H-pyrrole nitrogens is 1. The first kappa shape index (κ1) is 22.3. The summed E-state index contributed by atoms with van der Waals surface area (Å²) in [5.74, 6) is -4.18. The van der Waals surface area contributed by atoms with Crippen molar-refractivity contribution >= 4 is 23.7 Å². The number of hydrogen-bond acceptors (Lipinski definition) is 8. The summed E-state index contributed by atoms with van der Waals surface area (Å²) in [4.78, 5) is 49.4. The van der Waals surface area contributed by atoms with Gasteiger partial charge < -0.3 is 35.1 Å². The van der Waals surface area contributed by atoms with E-state index in [1.165, 1.54) is 25.3 Å². The maximum absolute atomic E-state index is 12.2. The van der Waals surface area contributed by atoms with Crippen LogP contribution in [0.1, 0.15) is 34.1 Å². The molecular weight excluding hydrogens is 400 g/mol. The van der Waals surface area contributed by atoms with Gasteiger partial charge in [-0.05, 0) is 13.0 Å². The number of carboxylic acid groups (broad SMARTS) is 2. The number of nitrogen functional groups attached to an aromatic ring is 1. The average Bonchev–Trinajstić information content (AvgIpc) is 2.66. The Morgan fingerprint density at radius 3 is 2.37 bits per heavy atom. The monoisotopic (exact) mass is 420 g/mol. The normalized spacial score (nSPS) is 10.3. The Kier molecular flexibility index (Phi) is 7.02. The summed E-state index contributed by atoms with van der Waals surface area (Å²) in [5.41, 5.74) is 2.64. The van der Waals surface area contributed by atoms with E-state index < -0.39 is 46.0 Å². The minimum Gasteiger partial charge on any atom is -0.493 e. The fraction of sp³-hybridized carbons (Fsp3) is 0.263. The topological polar surface area (TPSA) is 178 Å². The summed E-state index contributed by atoms with van der Waals surface area (Å²) in [5, 5.41) is 19.1. The molecule has 0 spiro atoms. The lowest BCUT2D eigenvalue weighted by atomic mass is 9.94. The number of carboxylic acids is 2. The number of carbonyl (C=O) groups excluding carboxylic acids is 1. The third-order valence-corrected chi connectivity index (χ3v) is 4.00. The van der Waals surface area contributed by atoms with Gasteiger partial charge >= 0.3 is 17.9 Å². The Balaban J connectivity index is 2.72. The molecule has 30 heavy (non-hydrogen) atoms. The first-order chi connectivity index (χ1) is 14.2. The number of rotatable bonds is 9. The standard InChI is InChI=1S/C19H20N2O9/c1-3-29-11(22)7-8-30-15-9(5-4-6-10(15)28-2)12-13(18(24)25)16(20)21-17(23)14(12)19(26)27/h4-6H,3,7-8H2,1-2H3,(H,24,25)(H,26,27)(H3,20,21,23). The Labute approximate surface area is 170 Å². The van der Waals surface area contributed by atoms with E-state index in [0.29, 0.717) is 0 Å². The predicted molar refractivity (Wildman–Crippen MR) is 104 cm³/mol. The van der Waals surface area contributed by atoms with Gasteiger partial charge in [-0.15, -0.1) is 0 Å². The summed E-state index contributed by atoms with van der Waals surface area (Å²) >= 11 is 0. The SMILES string of the molecule is CCOC(=O)CCOc1c(OC)cccc1-c1c(C(=O)O)c(N)[nH]c(=O)c1C(=O)O. The summed E-state index contributed by atoms with van der Waals surface area (Å²) in [6.45, 7) is 1.67. The second kappa shape index (κ2) is 9.45.